The largest absolute Gasteiger partial charge is 0.497 e. The van der Waals surface area contributed by atoms with Crippen molar-refractivity contribution in [2.24, 2.45) is 0 Å². The highest BCUT2D eigenvalue weighted by atomic mass is 32.1. The third kappa shape index (κ3) is 3.05. The van der Waals surface area contributed by atoms with Gasteiger partial charge in [0, 0.05) is 29.7 Å². The predicted octanol–water partition coefficient (Wildman–Crippen LogP) is 2.71. The summed E-state index contributed by atoms with van der Waals surface area (Å²) >= 11 is 1.68. The second-order valence-corrected chi connectivity index (χ2v) is 5.02. The molecule has 5 heteroatoms. The van der Waals surface area contributed by atoms with Crippen molar-refractivity contribution in [2.75, 3.05) is 7.11 Å². The van der Waals surface area contributed by atoms with E-state index in [4.69, 9.17) is 4.74 Å². The van der Waals surface area contributed by atoms with E-state index < -0.39 is 0 Å². The molecule has 96 valence electrons. The van der Waals surface area contributed by atoms with Gasteiger partial charge in [0.1, 0.15) is 5.75 Å². The van der Waals surface area contributed by atoms with Crippen molar-refractivity contribution in [3.8, 4) is 5.75 Å². The number of ether oxygens (including phenoxy) is 1. The molecular weight excluding hydrogens is 246 g/mol. The Morgan fingerprint density at radius 3 is 2.94 bits per heavy atom. The molecule has 0 saturated heterocycles. The second-order valence-electron chi connectivity index (χ2n) is 4.08. The van der Waals surface area contributed by atoms with Crippen molar-refractivity contribution in [1.29, 1.82) is 0 Å². The highest BCUT2D eigenvalue weighted by Gasteiger charge is 2.09. The minimum absolute atomic E-state index is 0.182. The van der Waals surface area contributed by atoms with E-state index in [0.29, 0.717) is 0 Å². The van der Waals surface area contributed by atoms with Crippen molar-refractivity contribution in [2.45, 2.75) is 26.4 Å². The molecule has 2 aromatic heterocycles. The van der Waals surface area contributed by atoms with E-state index in [1.54, 1.807) is 24.6 Å². The Balaban J connectivity index is 1.99. The summed E-state index contributed by atoms with van der Waals surface area (Å²) in [6.45, 7) is 4.94. The fourth-order valence-corrected chi connectivity index (χ4v) is 2.37. The van der Waals surface area contributed by atoms with Crippen LogP contribution in [0, 0.1) is 6.92 Å². The number of aromatic nitrogens is 2. The molecular formula is C13H17N3OS. The number of nitrogens with zero attached hydrogens (tertiary/aromatic N) is 2. The molecule has 1 atom stereocenters. The fraction of sp³-hybridized carbons (Fsp3) is 0.385. The van der Waals surface area contributed by atoms with Crippen LogP contribution in [0.3, 0.4) is 0 Å². The van der Waals surface area contributed by atoms with E-state index in [2.05, 4.69) is 22.2 Å². The summed E-state index contributed by atoms with van der Waals surface area (Å²) in [4.78, 5) is 9.86. The maximum atomic E-state index is 5.20. The van der Waals surface area contributed by atoms with Gasteiger partial charge in [-0.2, -0.15) is 0 Å². The summed E-state index contributed by atoms with van der Waals surface area (Å²) in [6.07, 6.45) is 1.77. The lowest BCUT2D eigenvalue weighted by Gasteiger charge is -2.13. The van der Waals surface area contributed by atoms with Crippen LogP contribution >= 0.6 is 11.3 Å². The first-order valence-electron chi connectivity index (χ1n) is 5.83. The summed E-state index contributed by atoms with van der Waals surface area (Å²) in [7, 11) is 1.66. The van der Waals surface area contributed by atoms with Crippen molar-refractivity contribution >= 4 is 11.3 Å². The van der Waals surface area contributed by atoms with Crippen LogP contribution in [0.2, 0.25) is 0 Å². The zero-order valence-corrected chi connectivity index (χ0v) is 11.6. The average Bonchev–Trinajstić information content (AvgIpc) is 2.81. The molecule has 0 amide bonds. The summed E-state index contributed by atoms with van der Waals surface area (Å²) in [5.41, 5.74) is 3.95. The minimum Gasteiger partial charge on any atom is -0.497 e. The van der Waals surface area contributed by atoms with Crippen LogP contribution < -0.4 is 10.1 Å². The van der Waals surface area contributed by atoms with Gasteiger partial charge in [0.05, 0.1) is 24.0 Å². The van der Waals surface area contributed by atoms with Gasteiger partial charge in [0.2, 0.25) is 0 Å². The lowest BCUT2D eigenvalue weighted by molar-refractivity contribution is 0.412. The second kappa shape index (κ2) is 5.93. The highest BCUT2D eigenvalue weighted by Crippen LogP contribution is 2.18. The van der Waals surface area contributed by atoms with Gasteiger partial charge in [-0.3, -0.25) is 4.98 Å². The van der Waals surface area contributed by atoms with Crippen LogP contribution in [0.4, 0.5) is 0 Å². The molecule has 0 saturated carbocycles. The number of hydrogen-bond acceptors (Lipinski definition) is 5. The molecule has 2 aromatic rings. The van der Waals surface area contributed by atoms with Gasteiger partial charge in [-0.15, -0.1) is 11.3 Å². The summed E-state index contributed by atoms with van der Waals surface area (Å²) in [5, 5.41) is 3.45. The van der Waals surface area contributed by atoms with Gasteiger partial charge in [-0.1, -0.05) is 0 Å². The van der Waals surface area contributed by atoms with E-state index in [0.717, 1.165) is 23.7 Å². The van der Waals surface area contributed by atoms with E-state index >= 15 is 0 Å². The molecule has 0 aromatic carbocycles. The monoisotopic (exact) mass is 263 g/mol. The molecule has 0 aliphatic heterocycles. The molecule has 0 aliphatic carbocycles. The van der Waals surface area contributed by atoms with Gasteiger partial charge in [-0.25, -0.2) is 4.98 Å². The smallest absolute Gasteiger partial charge is 0.122 e. The molecule has 1 N–H and O–H groups in total. The summed E-state index contributed by atoms with van der Waals surface area (Å²) < 4.78 is 5.20. The van der Waals surface area contributed by atoms with Crippen LogP contribution in [0.25, 0.3) is 0 Å². The summed E-state index contributed by atoms with van der Waals surface area (Å²) in [5.74, 6) is 0.836. The van der Waals surface area contributed by atoms with Crippen molar-refractivity contribution in [1.82, 2.24) is 15.3 Å². The quantitative estimate of drug-likeness (QED) is 0.901. The predicted molar refractivity (Wildman–Crippen MR) is 72.9 cm³/mol. The fourth-order valence-electron chi connectivity index (χ4n) is 1.64. The minimum atomic E-state index is 0.182. The Labute approximate surface area is 111 Å². The Kier molecular flexibility index (Phi) is 4.28. The van der Waals surface area contributed by atoms with Gasteiger partial charge in [-0.05, 0) is 19.9 Å². The highest BCUT2D eigenvalue weighted by molar-refractivity contribution is 7.09. The van der Waals surface area contributed by atoms with Crippen LogP contribution in [0.1, 0.15) is 29.2 Å². The van der Waals surface area contributed by atoms with Crippen LogP contribution in [-0.4, -0.2) is 17.1 Å². The lowest BCUT2D eigenvalue weighted by Crippen LogP contribution is -2.19. The number of hydrogen-bond donors (Lipinski definition) is 1. The molecule has 2 rings (SSSR count). The van der Waals surface area contributed by atoms with Gasteiger partial charge >= 0.3 is 0 Å². The molecule has 18 heavy (non-hydrogen) atoms. The Morgan fingerprint density at radius 2 is 2.28 bits per heavy atom. The van der Waals surface area contributed by atoms with Crippen molar-refractivity contribution < 1.29 is 4.74 Å². The van der Waals surface area contributed by atoms with Crippen LogP contribution in [0.15, 0.2) is 23.8 Å². The van der Waals surface area contributed by atoms with Gasteiger partial charge in [0.15, 0.2) is 0 Å². The SMILES string of the molecule is COc1ccnc(C(C)NCc2scnc2C)c1. The van der Waals surface area contributed by atoms with E-state index in [1.165, 1.54) is 4.88 Å². The van der Waals surface area contributed by atoms with E-state index in [9.17, 15) is 0 Å². The number of thiazole rings is 1. The zero-order chi connectivity index (χ0) is 13.0. The number of aryl methyl sites for hydroxylation is 1. The topological polar surface area (TPSA) is 47.0 Å². The lowest BCUT2D eigenvalue weighted by atomic mass is 10.2. The first-order chi connectivity index (χ1) is 8.70. The number of rotatable bonds is 5. The molecule has 1 unspecified atom stereocenters. The first-order valence-corrected chi connectivity index (χ1v) is 6.71. The Morgan fingerprint density at radius 1 is 1.44 bits per heavy atom. The first kappa shape index (κ1) is 13.0. The van der Waals surface area contributed by atoms with E-state index in [-0.39, 0.29) is 6.04 Å². The maximum absolute atomic E-state index is 5.20. The zero-order valence-electron chi connectivity index (χ0n) is 10.8. The molecule has 0 radical (unpaired) electrons. The standard InChI is InChI=1S/C13H17N3OS/c1-9(12-6-11(17-3)4-5-14-12)15-7-13-10(2)16-8-18-13/h4-6,8-9,15H,7H2,1-3H3. The molecule has 0 fully saturated rings. The van der Waals surface area contributed by atoms with Gasteiger partial charge < -0.3 is 10.1 Å². The molecule has 0 aliphatic rings. The maximum Gasteiger partial charge on any atom is 0.122 e. The molecule has 0 bridgehead atoms. The van der Waals surface area contributed by atoms with Crippen molar-refractivity contribution in [3.05, 3.63) is 40.1 Å². The van der Waals surface area contributed by atoms with Crippen LogP contribution in [0.5, 0.6) is 5.75 Å². The van der Waals surface area contributed by atoms with Gasteiger partial charge in [0.25, 0.3) is 0 Å². The van der Waals surface area contributed by atoms with Crippen molar-refractivity contribution in [3.63, 3.8) is 0 Å². The molecule has 0 spiro atoms. The number of nitrogens with one attached hydrogen (secondary N) is 1. The third-order valence-corrected chi connectivity index (χ3v) is 3.78. The third-order valence-electron chi connectivity index (χ3n) is 2.85. The number of methoxy groups -OCH3 is 1. The summed E-state index contributed by atoms with van der Waals surface area (Å²) in [6, 6.07) is 3.99. The number of pyridine rings is 1. The average molecular weight is 263 g/mol. The Hall–Kier alpha value is -1.46. The normalized spacial score (nSPS) is 12.4. The van der Waals surface area contributed by atoms with Crippen LogP contribution in [-0.2, 0) is 6.54 Å². The molecule has 4 nitrogen and oxygen atoms in total. The van der Waals surface area contributed by atoms with E-state index in [1.807, 2.05) is 24.6 Å². The molecule has 2 heterocycles. The Bertz CT molecular complexity index is 512.